The maximum atomic E-state index is 12.6. The van der Waals surface area contributed by atoms with E-state index in [1.165, 1.54) is 10.5 Å². The number of carboxylic acids is 1. The van der Waals surface area contributed by atoms with E-state index in [1.807, 2.05) is 24.3 Å². The van der Waals surface area contributed by atoms with E-state index in [4.69, 9.17) is 4.74 Å². The van der Waals surface area contributed by atoms with E-state index in [2.05, 4.69) is 0 Å². The maximum absolute atomic E-state index is 12.6. The molecule has 0 aromatic heterocycles. The van der Waals surface area contributed by atoms with Crippen LogP contribution in [0, 0.1) is 0 Å². The summed E-state index contributed by atoms with van der Waals surface area (Å²) in [5.41, 5.74) is 2.21. The van der Waals surface area contributed by atoms with E-state index in [1.54, 1.807) is 7.11 Å². The third-order valence-electron chi connectivity index (χ3n) is 4.32. The third-order valence-corrected chi connectivity index (χ3v) is 4.32. The van der Waals surface area contributed by atoms with Crippen LogP contribution in [0.2, 0.25) is 0 Å². The van der Waals surface area contributed by atoms with Gasteiger partial charge in [-0.25, -0.2) is 4.79 Å². The molecule has 20 heavy (non-hydrogen) atoms. The number of aliphatic carboxylic acids is 1. The minimum absolute atomic E-state index is 0.0874. The van der Waals surface area contributed by atoms with Gasteiger partial charge in [0.2, 0.25) is 5.91 Å². The molecule has 5 heteroatoms. The number of hydrogen-bond donors (Lipinski definition) is 1. The molecule has 2 aliphatic rings. The van der Waals surface area contributed by atoms with Crippen molar-refractivity contribution < 1.29 is 19.4 Å². The van der Waals surface area contributed by atoms with Crippen molar-refractivity contribution in [2.75, 3.05) is 13.7 Å². The van der Waals surface area contributed by atoms with Gasteiger partial charge >= 0.3 is 5.97 Å². The zero-order valence-corrected chi connectivity index (χ0v) is 11.3. The SMILES string of the molecule is COC1CC(C(=O)O)N(C(=O)C2Cc3ccccc32)C1. The number of ether oxygens (including phenoxy) is 1. The molecule has 0 bridgehead atoms. The van der Waals surface area contributed by atoms with Gasteiger partial charge in [0.25, 0.3) is 0 Å². The minimum Gasteiger partial charge on any atom is -0.480 e. The topological polar surface area (TPSA) is 66.8 Å². The molecule has 1 aromatic rings. The molecule has 1 saturated heterocycles. The molecule has 1 aromatic carbocycles. The zero-order chi connectivity index (χ0) is 14.3. The summed E-state index contributed by atoms with van der Waals surface area (Å²) in [4.78, 5) is 25.3. The summed E-state index contributed by atoms with van der Waals surface area (Å²) < 4.78 is 5.22. The Bertz CT molecular complexity index is 557. The quantitative estimate of drug-likeness (QED) is 0.894. The highest BCUT2D eigenvalue weighted by Gasteiger charge is 2.44. The van der Waals surface area contributed by atoms with Crippen LogP contribution in [0.5, 0.6) is 0 Å². The van der Waals surface area contributed by atoms with Crippen molar-refractivity contribution in [3.8, 4) is 0 Å². The minimum atomic E-state index is -0.953. The number of hydrogen-bond acceptors (Lipinski definition) is 3. The van der Waals surface area contributed by atoms with Gasteiger partial charge in [-0.3, -0.25) is 4.79 Å². The van der Waals surface area contributed by atoms with Crippen LogP contribution in [0.3, 0.4) is 0 Å². The van der Waals surface area contributed by atoms with Crippen molar-refractivity contribution in [1.82, 2.24) is 4.90 Å². The van der Waals surface area contributed by atoms with Crippen molar-refractivity contribution >= 4 is 11.9 Å². The Kier molecular flexibility index (Phi) is 3.22. The largest absolute Gasteiger partial charge is 0.480 e. The highest BCUT2D eigenvalue weighted by molar-refractivity contribution is 5.91. The Morgan fingerprint density at radius 3 is 2.75 bits per heavy atom. The van der Waals surface area contributed by atoms with E-state index in [9.17, 15) is 14.7 Å². The van der Waals surface area contributed by atoms with Crippen LogP contribution in [0.15, 0.2) is 24.3 Å². The first-order chi connectivity index (χ1) is 9.61. The summed E-state index contributed by atoms with van der Waals surface area (Å²) in [5, 5.41) is 9.26. The first kappa shape index (κ1) is 13.1. The molecule has 1 N–H and O–H groups in total. The van der Waals surface area contributed by atoms with Gasteiger partial charge in [0.05, 0.1) is 12.0 Å². The molecule has 0 spiro atoms. The molecule has 106 valence electrons. The molecular weight excluding hydrogens is 258 g/mol. The van der Waals surface area contributed by atoms with Gasteiger partial charge < -0.3 is 14.7 Å². The average molecular weight is 275 g/mol. The first-order valence-corrected chi connectivity index (χ1v) is 6.75. The van der Waals surface area contributed by atoms with Crippen LogP contribution in [0.25, 0.3) is 0 Å². The fourth-order valence-corrected chi connectivity index (χ4v) is 3.13. The van der Waals surface area contributed by atoms with E-state index < -0.39 is 12.0 Å². The Hall–Kier alpha value is -1.88. The van der Waals surface area contributed by atoms with Gasteiger partial charge in [-0.2, -0.15) is 0 Å². The Balaban J connectivity index is 1.79. The Labute approximate surface area is 117 Å². The van der Waals surface area contributed by atoms with Crippen LogP contribution >= 0.6 is 0 Å². The molecule has 3 atom stereocenters. The first-order valence-electron chi connectivity index (χ1n) is 6.75. The van der Waals surface area contributed by atoms with Crippen molar-refractivity contribution in [1.29, 1.82) is 0 Å². The number of carbonyl (C=O) groups is 2. The molecule has 0 saturated carbocycles. The van der Waals surface area contributed by atoms with Gasteiger partial charge in [-0.05, 0) is 17.5 Å². The van der Waals surface area contributed by atoms with Crippen LogP contribution in [0.4, 0.5) is 0 Å². The number of rotatable bonds is 3. The lowest BCUT2D eigenvalue weighted by molar-refractivity contribution is -0.149. The summed E-state index contributed by atoms with van der Waals surface area (Å²) in [6.45, 7) is 0.366. The van der Waals surface area contributed by atoms with Crippen molar-refractivity contribution in [3.63, 3.8) is 0 Å². The number of carboxylic acid groups (broad SMARTS) is 1. The Morgan fingerprint density at radius 1 is 1.35 bits per heavy atom. The van der Waals surface area contributed by atoms with E-state index in [-0.39, 0.29) is 17.9 Å². The smallest absolute Gasteiger partial charge is 0.326 e. The Morgan fingerprint density at radius 2 is 2.10 bits per heavy atom. The zero-order valence-electron chi connectivity index (χ0n) is 11.3. The van der Waals surface area contributed by atoms with Crippen molar-refractivity contribution in [2.45, 2.75) is 30.9 Å². The van der Waals surface area contributed by atoms with Gasteiger partial charge in [-0.15, -0.1) is 0 Å². The summed E-state index contributed by atoms with van der Waals surface area (Å²) >= 11 is 0. The number of benzene rings is 1. The van der Waals surface area contributed by atoms with E-state index >= 15 is 0 Å². The van der Waals surface area contributed by atoms with Crippen molar-refractivity contribution in [2.24, 2.45) is 0 Å². The lowest BCUT2D eigenvalue weighted by Crippen LogP contribution is -2.45. The number of amides is 1. The second-order valence-electron chi connectivity index (χ2n) is 5.39. The summed E-state index contributed by atoms with van der Waals surface area (Å²) in [5.74, 6) is -1.23. The molecule has 5 nitrogen and oxygen atoms in total. The molecule has 1 fully saturated rings. The second-order valence-corrected chi connectivity index (χ2v) is 5.39. The van der Waals surface area contributed by atoms with Gasteiger partial charge in [0, 0.05) is 20.1 Å². The standard InChI is InChI=1S/C15H17NO4/c1-20-10-7-13(15(18)19)16(8-10)14(17)12-6-9-4-2-3-5-11(9)12/h2-5,10,12-13H,6-8H2,1H3,(H,18,19). The summed E-state index contributed by atoms with van der Waals surface area (Å²) in [7, 11) is 1.55. The predicted octanol–water partition coefficient (Wildman–Crippen LogP) is 1.03. The highest BCUT2D eigenvalue weighted by Crippen LogP contribution is 2.37. The normalized spacial score (nSPS) is 27.9. The number of carbonyl (C=O) groups excluding carboxylic acids is 1. The van der Waals surface area contributed by atoms with E-state index in [0.717, 1.165) is 5.56 Å². The molecule has 3 unspecified atom stereocenters. The van der Waals surface area contributed by atoms with Crippen LogP contribution in [0.1, 0.15) is 23.5 Å². The van der Waals surface area contributed by atoms with Crippen molar-refractivity contribution in [3.05, 3.63) is 35.4 Å². The van der Waals surface area contributed by atoms with Crippen LogP contribution < -0.4 is 0 Å². The molecular formula is C15H17NO4. The van der Waals surface area contributed by atoms with Gasteiger partial charge in [0.15, 0.2) is 0 Å². The molecule has 1 amide bonds. The number of methoxy groups -OCH3 is 1. The monoisotopic (exact) mass is 275 g/mol. The lowest BCUT2D eigenvalue weighted by atomic mass is 9.77. The molecule has 1 aliphatic carbocycles. The number of nitrogens with zero attached hydrogens (tertiary/aromatic N) is 1. The maximum Gasteiger partial charge on any atom is 0.326 e. The second kappa shape index (κ2) is 4.90. The summed E-state index contributed by atoms with van der Waals surface area (Å²) in [6.07, 6.45) is 0.886. The van der Waals surface area contributed by atoms with Gasteiger partial charge in [-0.1, -0.05) is 24.3 Å². The third kappa shape index (κ3) is 1.98. The number of likely N-dealkylation sites (tertiary alicyclic amines) is 1. The molecule has 1 heterocycles. The van der Waals surface area contributed by atoms with E-state index in [0.29, 0.717) is 19.4 Å². The fourth-order valence-electron chi connectivity index (χ4n) is 3.13. The fraction of sp³-hybridized carbons (Fsp3) is 0.467. The summed E-state index contributed by atoms with van der Waals surface area (Å²) in [6, 6.07) is 7.06. The average Bonchev–Trinajstić information content (AvgIpc) is 2.84. The number of fused-ring (bicyclic) bond motifs is 1. The van der Waals surface area contributed by atoms with Crippen LogP contribution in [-0.4, -0.2) is 47.7 Å². The lowest BCUT2D eigenvalue weighted by Gasteiger charge is -2.33. The molecule has 3 rings (SSSR count). The molecule has 0 radical (unpaired) electrons. The molecule has 1 aliphatic heterocycles. The highest BCUT2D eigenvalue weighted by atomic mass is 16.5. The van der Waals surface area contributed by atoms with Gasteiger partial charge in [0.1, 0.15) is 6.04 Å². The van der Waals surface area contributed by atoms with Crippen LogP contribution in [-0.2, 0) is 20.7 Å². The predicted molar refractivity (Wildman–Crippen MR) is 71.4 cm³/mol.